The second kappa shape index (κ2) is 7.04. The van der Waals surface area contributed by atoms with Crippen LogP contribution in [0.5, 0.6) is 0 Å². The SMILES string of the molecule is CC(NC(=O)c1ccc(Cl)cc1)C(=O)Nc1cccc(F)c1. The van der Waals surface area contributed by atoms with Gasteiger partial charge in [0.05, 0.1) is 0 Å². The van der Waals surface area contributed by atoms with Gasteiger partial charge in [-0.1, -0.05) is 17.7 Å². The van der Waals surface area contributed by atoms with E-state index in [-0.39, 0.29) is 0 Å². The zero-order valence-corrected chi connectivity index (χ0v) is 12.5. The lowest BCUT2D eigenvalue weighted by atomic mass is 10.2. The largest absolute Gasteiger partial charge is 0.341 e. The minimum Gasteiger partial charge on any atom is -0.341 e. The van der Waals surface area contributed by atoms with Gasteiger partial charge in [0, 0.05) is 16.3 Å². The molecule has 0 aliphatic heterocycles. The molecule has 1 atom stereocenters. The Labute approximate surface area is 132 Å². The molecule has 0 aromatic heterocycles. The van der Waals surface area contributed by atoms with Crippen molar-refractivity contribution in [3.05, 3.63) is 64.9 Å². The van der Waals surface area contributed by atoms with Crippen LogP contribution in [0.1, 0.15) is 17.3 Å². The zero-order chi connectivity index (χ0) is 16.1. The molecule has 2 rings (SSSR count). The Bertz CT molecular complexity index is 689. The first-order valence-electron chi connectivity index (χ1n) is 6.58. The Morgan fingerprint density at radius 3 is 2.45 bits per heavy atom. The van der Waals surface area contributed by atoms with Gasteiger partial charge in [0.25, 0.3) is 5.91 Å². The summed E-state index contributed by atoms with van der Waals surface area (Å²) in [5.41, 5.74) is 0.729. The van der Waals surface area contributed by atoms with Crippen LogP contribution in [-0.4, -0.2) is 17.9 Å². The van der Waals surface area contributed by atoms with Crippen molar-refractivity contribution >= 4 is 29.1 Å². The molecule has 2 amide bonds. The number of hydrogen-bond donors (Lipinski definition) is 2. The average Bonchev–Trinajstić information content (AvgIpc) is 2.47. The van der Waals surface area contributed by atoms with Crippen molar-refractivity contribution in [1.82, 2.24) is 5.32 Å². The van der Waals surface area contributed by atoms with E-state index in [1.807, 2.05) is 0 Å². The van der Waals surface area contributed by atoms with E-state index in [2.05, 4.69) is 10.6 Å². The van der Waals surface area contributed by atoms with E-state index >= 15 is 0 Å². The van der Waals surface area contributed by atoms with Crippen LogP contribution >= 0.6 is 11.6 Å². The summed E-state index contributed by atoms with van der Waals surface area (Å²) in [5.74, 6) is -1.28. The molecule has 0 radical (unpaired) electrons. The summed E-state index contributed by atoms with van der Waals surface area (Å²) in [7, 11) is 0. The molecule has 2 N–H and O–H groups in total. The molecule has 114 valence electrons. The van der Waals surface area contributed by atoms with E-state index in [0.29, 0.717) is 16.3 Å². The summed E-state index contributed by atoms with van der Waals surface area (Å²) < 4.78 is 13.1. The van der Waals surface area contributed by atoms with Crippen LogP contribution in [0, 0.1) is 5.82 Å². The molecular formula is C16H14ClFN2O2. The Morgan fingerprint density at radius 1 is 1.14 bits per heavy atom. The van der Waals surface area contributed by atoms with Gasteiger partial charge < -0.3 is 10.6 Å². The first-order chi connectivity index (χ1) is 10.5. The monoisotopic (exact) mass is 320 g/mol. The van der Waals surface area contributed by atoms with Gasteiger partial charge in [0.1, 0.15) is 11.9 Å². The zero-order valence-electron chi connectivity index (χ0n) is 11.8. The van der Waals surface area contributed by atoms with Crippen LogP contribution in [0.2, 0.25) is 5.02 Å². The maximum atomic E-state index is 13.1. The molecule has 2 aromatic carbocycles. The number of anilines is 1. The topological polar surface area (TPSA) is 58.2 Å². The first kappa shape index (κ1) is 16.0. The van der Waals surface area contributed by atoms with Gasteiger partial charge in [-0.3, -0.25) is 9.59 Å². The van der Waals surface area contributed by atoms with Gasteiger partial charge in [-0.05, 0) is 49.4 Å². The van der Waals surface area contributed by atoms with Crippen molar-refractivity contribution < 1.29 is 14.0 Å². The van der Waals surface area contributed by atoms with Crippen LogP contribution in [0.4, 0.5) is 10.1 Å². The normalized spacial score (nSPS) is 11.6. The molecule has 6 heteroatoms. The van der Waals surface area contributed by atoms with Crippen LogP contribution in [0.3, 0.4) is 0 Å². The van der Waals surface area contributed by atoms with Gasteiger partial charge in [0.2, 0.25) is 5.91 Å². The molecule has 0 fully saturated rings. The average molecular weight is 321 g/mol. The lowest BCUT2D eigenvalue weighted by Crippen LogP contribution is -2.41. The smallest absolute Gasteiger partial charge is 0.251 e. The highest BCUT2D eigenvalue weighted by Gasteiger charge is 2.16. The maximum Gasteiger partial charge on any atom is 0.251 e. The third kappa shape index (κ3) is 4.30. The predicted molar refractivity (Wildman–Crippen MR) is 83.4 cm³/mol. The molecule has 2 aromatic rings. The van der Waals surface area contributed by atoms with Crippen LogP contribution in [0.25, 0.3) is 0 Å². The number of carbonyl (C=O) groups excluding carboxylic acids is 2. The first-order valence-corrected chi connectivity index (χ1v) is 6.96. The Kier molecular flexibility index (Phi) is 5.12. The van der Waals surface area contributed by atoms with Gasteiger partial charge in [0.15, 0.2) is 0 Å². The van der Waals surface area contributed by atoms with E-state index in [1.165, 1.54) is 18.2 Å². The second-order valence-electron chi connectivity index (χ2n) is 4.70. The van der Waals surface area contributed by atoms with Crippen molar-refractivity contribution in [3.63, 3.8) is 0 Å². The Hall–Kier alpha value is -2.40. The molecule has 0 bridgehead atoms. The molecule has 22 heavy (non-hydrogen) atoms. The molecular weight excluding hydrogens is 307 g/mol. The summed E-state index contributed by atoms with van der Waals surface area (Å²) in [4.78, 5) is 24.0. The molecule has 0 spiro atoms. The maximum absolute atomic E-state index is 13.1. The fourth-order valence-corrected chi connectivity index (χ4v) is 1.89. The second-order valence-corrected chi connectivity index (χ2v) is 5.14. The number of amides is 2. The van der Waals surface area contributed by atoms with Crippen molar-refractivity contribution in [2.45, 2.75) is 13.0 Å². The molecule has 1 unspecified atom stereocenters. The van der Waals surface area contributed by atoms with Crippen molar-refractivity contribution in [2.75, 3.05) is 5.32 Å². The third-order valence-electron chi connectivity index (χ3n) is 2.94. The Morgan fingerprint density at radius 2 is 1.82 bits per heavy atom. The number of carbonyl (C=O) groups is 2. The van der Waals surface area contributed by atoms with Crippen molar-refractivity contribution in [1.29, 1.82) is 0 Å². The highest BCUT2D eigenvalue weighted by atomic mass is 35.5. The molecule has 0 saturated heterocycles. The van der Waals surface area contributed by atoms with E-state index < -0.39 is 23.7 Å². The number of benzene rings is 2. The number of hydrogen-bond acceptors (Lipinski definition) is 2. The van der Waals surface area contributed by atoms with Gasteiger partial charge in [-0.2, -0.15) is 0 Å². The van der Waals surface area contributed by atoms with Gasteiger partial charge in [-0.15, -0.1) is 0 Å². The van der Waals surface area contributed by atoms with Crippen LogP contribution in [-0.2, 0) is 4.79 Å². The third-order valence-corrected chi connectivity index (χ3v) is 3.19. The highest BCUT2D eigenvalue weighted by molar-refractivity contribution is 6.30. The van der Waals surface area contributed by atoms with Crippen LogP contribution < -0.4 is 10.6 Å². The van der Waals surface area contributed by atoms with E-state index in [0.717, 1.165) is 0 Å². The predicted octanol–water partition coefficient (Wildman–Crippen LogP) is 3.24. The number of nitrogens with one attached hydrogen (secondary N) is 2. The van der Waals surface area contributed by atoms with Crippen molar-refractivity contribution in [3.8, 4) is 0 Å². The van der Waals surface area contributed by atoms with Crippen molar-refractivity contribution in [2.24, 2.45) is 0 Å². The Balaban J connectivity index is 1.96. The summed E-state index contributed by atoms with van der Waals surface area (Å²) in [6, 6.07) is 11.1. The van der Waals surface area contributed by atoms with Gasteiger partial charge >= 0.3 is 0 Å². The molecule has 0 aliphatic carbocycles. The summed E-state index contributed by atoms with van der Waals surface area (Å²) in [5, 5.41) is 5.62. The van der Waals surface area contributed by atoms with E-state index in [9.17, 15) is 14.0 Å². The lowest BCUT2D eigenvalue weighted by molar-refractivity contribution is -0.117. The molecule has 0 heterocycles. The fourth-order valence-electron chi connectivity index (χ4n) is 1.76. The molecule has 4 nitrogen and oxygen atoms in total. The number of rotatable bonds is 4. The summed E-state index contributed by atoms with van der Waals surface area (Å²) in [6.07, 6.45) is 0. The standard InChI is InChI=1S/C16H14ClFN2O2/c1-10(15(21)20-14-4-2-3-13(18)9-14)19-16(22)11-5-7-12(17)8-6-11/h2-10H,1H3,(H,19,22)(H,20,21). The summed E-state index contributed by atoms with van der Waals surface area (Å²) in [6.45, 7) is 1.54. The number of halogens is 2. The van der Waals surface area contributed by atoms with E-state index in [1.54, 1.807) is 37.3 Å². The lowest BCUT2D eigenvalue weighted by Gasteiger charge is -2.14. The molecule has 0 saturated carbocycles. The summed E-state index contributed by atoms with van der Waals surface area (Å²) >= 11 is 5.75. The molecule has 0 aliphatic rings. The minimum atomic E-state index is -0.772. The quantitative estimate of drug-likeness (QED) is 0.908. The fraction of sp³-hybridized carbons (Fsp3) is 0.125. The van der Waals surface area contributed by atoms with E-state index in [4.69, 9.17) is 11.6 Å². The highest BCUT2D eigenvalue weighted by Crippen LogP contribution is 2.11. The van der Waals surface area contributed by atoms with Gasteiger partial charge in [-0.25, -0.2) is 4.39 Å². The minimum absolute atomic E-state index is 0.331. The van der Waals surface area contributed by atoms with Crippen LogP contribution in [0.15, 0.2) is 48.5 Å².